The van der Waals surface area contributed by atoms with E-state index in [1.165, 1.54) is 23.3 Å². The summed E-state index contributed by atoms with van der Waals surface area (Å²) >= 11 is 0. The monoisotopic (exact) mass is 284 g/mol. The van der Waals surface area contributed by atoms with Gasteiger partial charge in [-0.15, -0.1) is 0 Å². The Morgan fingerprint density at radius 3 is 2.75 bits per heavy atom. The van der Waals surface area contributed by atoms with Crippen molar-refractivity contribution in [2.75, 3.05) is 5.32 Å². The molecule has 1 aliphatic carbocycles. The standard InChI is InChI=1S/C13H15F3N4/c1-8(9-3-2-4-9)18-12-10-7-11(13(14,15)16)19-20(10)6-5-17-12/h5-9H,2-4H2,1H3,(H,17,18). The topological polar surface area (TPSA) is 42.2 Å². The van der Waals surface area contributed by atoms with Gasteiger partial charge < -0.3 is 5.32 Å². The van der Waals surface area contributed by atoms with Crippen molar-refractivity contribution in [1.82, 2.24) is 14.6 Å². The van der Waals surface area contributed by atoms with E-state index >= 15 is 0 Å². The molecule has 1 atom stereocenters. The van der Waals surface area contributed by atoms with Crippen LogP contribution in [0.2, 0.25) is 0 Å². The fourth-order valence-electron chi connectivity index (χ4n) is 2.45. The lowest BCUT2D eigenvalue weighted by molar-refractivity contribution is -0.141. The van der Waals surface area contributed by atoms with Crippen LogP contribution in [0.4, 0.5) is 19.0 Å². The fraction of sp³-hybridized carbons (Fsp3) is 0.538. The highest BCUT2D eigenvalue weighted by molar-refractivity contribution is 5.68. The number of fused-ring (bicyclic) bond motifs is 1. The van der Waals surface area contributed by atoms with E-state index in [4.69, 9.17) is 0 Å². The van der Waals surface area contributed by atoms with Gasteiger partial charge in [-0.05, 0) is 25.7 Å². The minimum atomic E-state index is -4.44. The van der Waals surface area contributed by atoms with Crippen molar-refractivity contribution in [3.05, 3.63) is 24.2 Å². The number of nitrogens with one attached hydrogen (secondary N) is 1. The van der Waals surface area contributed by atoms with Gasteiger partial charge in [0.15, 0.2) is 11.5 Å². The second-order valence-electron chi connectivity index (χ2n) is 5.26. The Morgan fingerprint density at radius 1 is 1.40 bits per heavy atom. The Hall–Kier alpha value is -1.79. The van der Waals surface area contributed by atoms with Crippen molar-refractivity contribution in [1.29, 1.82) is 0 Å². The summed E-state index contributed by atoms with van der Waals surface area (Å²) in [5, 5.41) is 6.75. The predicted molar refractivity (Wildman–Crippen MR) is 68.4 cm³/mol. The zero-order valence-corrected chi connectivity index (χ0v) is 11.0. The third-order valence-electron chi connectivity index (χ3n) is 3.90. The first-order chi connectivity index (χ1) is 9.45. The lowest BCUT2D eigenvalue weighted by Crippen LogP contribution is -2.31. The van der Waals surface area contributed by atoms with E-state index < -0.39 is 11.9 Å². The highest BCUT2D eigenvalue weighted by Crippen LogP contribution is 2.33. The maximum Gasteiger partial charge on any atom is 0.435 e. The molecule has 0 spiro atoms. The molecule has 0 saturated heterocycles. The lowest BCUT2D eigenvalue weighted by Gasteiger charge is -2.32. The molecule has 0 amide bonds. The summed E-state index contributed by atoms with van der Waals surface area (Å²) < 4.78 is 39.3. The molecule has 0 aliphatic heterocycles. The van der Waals surface area contributed by atoms with Gasteiger partial charge in [0.25, 0.3) is 0 Å². The highest BCUT2D eigenvalue weighted by atomic mass is 19.4. The average molecular weight is 284 g/mol. The molecule has 0 bridgehead atoms. The van der Waals surface area contributed by atoms with E-state index in [1.54, 1.807) is 0 Å². The van der Waals surface area contributed by atoms with E-state index in [1.807, 2.05) is 6.92 Å². The van der Waals surface area contributed by atoms with Crippen molar-refractivity contribution in [3.63, 3.8) is 0 Å². The molecule has 3 rings (SSSR count). The maximum atomic E-state index is 12.7. The summed E-state index contributed by atoms with van der Waals surface area (Å²) in [5.41, 5.74) is -0.546. The molecule has 2 aromatic heterocycles. The van der Waals surface area contributed by atoms with Gasteiger partial charge in [-0.25, -0.2) is 9.50 Å². The SMILES string of the molecule is CC(Nc1nccn2nc(C(F)(F)F)cc12)C1CCC1. The number of hydrogen-bond acceptors (Lipinski definition) is 3. The number of halogens is 3. The van der Waals surface area contributed by atoms with Crippen LogP contribution in [-0.2, 0) is 6.18 Å². The van der Waals surface area contributed by atoms with E-state index in [-0.39, 0.29) is 6.04 Å². The molecular formula is C13H15F3N4. The Balaban J connectivity index is 1.92. The van der Waals surface area contributed by atoms with Crippen LogP contribution < -0.4 is 5.32 Å². The molecule has 20 heavy (non-hydrogen) atoms. The van der Waals surface area contributed by atoms with Crippen LogP contribution >= 0.6 is 0 Å². The predicted octanol–water partition coefficient (Wildman–Crippen LogP) is 3.35. The summed E-state index contributed by atoms with van der Waals surface area (Å²) in [6.45, 7) is 2.04. The van der Waals surface area contributed by atoms with Gasteiger partial charge in [0.1, 0.15) is 5.52 Å². The Kier molecular flexibility index (Phi) is 3.07. The van der Waals surface area contributed by atoms with Crippen molar-refractivity contribution in [2.45, 2.75) is 38.4 Å². The van der Waals surface area contributed by atoms with Gasteiger partial charge in [-0.2, -0.15) is 18.3 Å². The van der Waals surface area contributed by atoms with Gasteiger partial charge in [-0.3, -0.25) is 0 Å². The molecule has 1 fully saturated rings. The zero-order valence-electron chi connectivity index (χ0n) is 11.0. The van der Waals surface area contributed by atoms with Crippen LogP contribution in [0.15, 0.2) is 18.5 Å². The minimum absolute atomic E-state index is 0.201. The number of alkyl halides is 3. The van der Waals surface area contributed by atoms with Gasteiger partial charge in [-0.1, -0.05) is 6.42 Å². The van der Waals surface area contributed by atoms with Crippen LogP contribution in [0, 0.1) is 5.92 Å². The van der Waals surface area contributed by atoms with Crippen molar-refractivity contribution in [3.8, 4) is 0 Å². The van der Waals surface area contributed by atoms with Crippen LogP contribution in [0.1, 0.15) is 31.9 Å². The van der Waals surface area contributed by atoms with Gasteiger partial charge in [0, 0.05) is 24.5 Å². The molecule has 0 aromatic carbocycles. The third-order valence-corrected chi connectivity index (χ3v) is 3.90. The second-order valence-corrected chi connectivity index (χ2v) is 5.26. The molecule has 1 N–H and O–H groups in total. The maximum absolute atomic E-state index is 12.7. The molecule has 2 heterocycles. The molecule has 4 nitrogen and oxygen atoms in total. The van der Waals surface area contributed by atoms with Crippen LogP contribution in [0.25, 0.3) is 5.52 Å². The first-order valence-electron chi connectivity index (χ1n) is 6.63. The van der Waals surface area contributed by atoms with Crippen molar-refractivity contribution < 1.29 is 13.2 Å². The molecule has 1 aliphatic rings. The molecule has 7 heteroatoms. The third kappa shape index (κ3) is 2.32. The minimum Gasteiger partial charge on any atom is -0.366 e. The fourth-order valence-corrected chi connectivity index (χ4v) is 2.45. The molecule has 108 valence electrons. The van der Waals surface area contributed by atoms with Crippen LogP contribution in [-0.4, -0.2) is 20.6 Å². The highest BCUT2D eigenvalue weighted by Gasteiger charge is 2.34. The van der Waals surface area contributed by atoms with Crippen molar-refractivity contribution >= 4 is 11.3 Å². The Morgan fingerprint density at radius 2 is 2.15 bits per heavy atom. The summed E-state index contributed by atoms with van der Waals surface area (Å²) in [6.07, 6.45) is 1.97. The summed E-state index contributed by atoms with van der Waals surface area (Å²) in [4.78, 5) is 4.14. The summed E-state index contributed by atoms with van der Waals surface area (Å²) in [6, 6.07) is 1.23. The van der Waals surface area contributed by atoms with E-state index in [9.17, 15) is 13.2 Å². The molecular weight excluding hydrogens is 269 g/mol. The Bertz CT molecular complexity index is 616. The largest absolute Gasteiger partial charge is 0.435 e. The lowest BCUT2D eigenvalue weighted by atomic mass is 9.80. The molecule has 0 radical (unpaired) electrons. The Labute approximate surface area is 114 Å². The van der Waals surface area contributed by atoms with E-state index in [2.05, 4.69) is 15.4 Å². The number of anilines is 1. The first kappa shape index (κ1) is 13.2. The summed E-state index contributed by atoms with van der Waals surface area (Å²) in [5.74, 6) is 1.02. The number of rotatable bonds is 3. The number of nitrogens with zero attached hydrogens (tertiary/aromatic N) is 3. The zero-order chi connectivity index (χ0) is 14.3. The van der Waals surface area contributed by atoms with Gasteiger partial charge in [0.05, 0.1) is 0 Å². The summed E-state index contributed by atoms with van der Waals surface area (Å²) in [7, 11) is 0. The molecule has 1 saturated carbocycles. The van der Waals surface area contributed by atoms with Crippen LogP contribution in [0.5, 0.6) is 0 Å². The molecule has 2 aromatic rings. The quantitative estimate of drug-likeness (QED) is 0.939. The average Bonchev–Trinajstić information content (AvgIpc) is 2.70. The normalized spacial score (nSPS) is 18.0. The van der Waals surface area contributed by atoms with Gasteiger partial charge in [0.2, 0.25) is 0 Å². The second kappa shape index (κ2) is 4.64. The smallest absolute Gasteiger partial charge is 0.366 e. The van der Waals surface area contributed by atoms with Crippen LogP contribution in [0.3, 0.4) is 0 Å². The van der Waals surface area contributed by atoms with Crippen molar-refractivity contribution in [2.24, 2.45) is 5.92 Å². The van der Waals surface area contributed by atoms with Gasteiger partial charge >= 0.3 is 6.18 Å². The molecule has 1 unspecified atom stereocenters. The number of aromatic nitrogens is 3. The van der Waals surface area contributed by atoms with E-state index in [0.717, 1.165) is 18.9 Å². The number of hydrogen-bond donors (Lipinski definition) is 1. The first-order valence-corrected chi connectivity index (χ1v) is 6.63. The van der Waals surface area contributed by atoms with E-state index in [0.29, 0.717) is 17.3 Å².